The number of hydrogen-bond acceptors (Lipinski definition) is 6. The van der Waals surface area contributed by atoms with Crippen LogP contribution in [-0.2, 0) is 4.79 Å². The second-order valence-electron chi connectivity index (χ2n) is 6.40. The molecule has 0 saturated carbocycles. The zero-order valence-electron chi connectivity index (χ0n) is 15.4. The molecule has 30 heavy (non-hydrogen) atoms. The molecular weight excluding hydrogens is 438 g/mol. The Morgan fingerprint density at radius 1 is 1.07 bits per heavy atom. The lowest BCUT2D eigenvalue weighted by molar-refractivity contribution is -0.113. The Hall–Kier alpha value is -2.94. The second kappa shape index (κ2) is 8.06. The second-order valence-corrected chi connectivity index (χ2v) is 8.73. The van der Waals surface area contributed by atoms with Crippen molar-refractivity contribution in [2.45, 2.75) is 5.16 Å². The van der Waals surface area contributed by atoms with Crippen LogP contribution in [0.4, 0.5) is 5.69 Å². The summed E-state index contributed by atoms with van der Waals surface area (Å²) in [5.41, 5.74) is 2.24. The fourth-order valence-corrected chi connectivity index (χ4v) is 4.52. The van der Waals surface area contributed by atoms with E-state index in [1.807, 2.05) is 41.8 Å². The number of halogens is 1. The average Bonchev–Trinajstić information content (AvgIpc) is 3.44. The summed E-state index contributed by atoms with van der Waals surface area (Å²) in [4.78, 5) is 22.9. The molecule has 2 aromatic carbocycles. The number of nitrogens with one attached hydrogen (secondary N) is 1. The van der Waals surface area contributed by atoms with Gasteiger partial charge in [-0.05, 0) is 47.8 Å². The van der Waals surface area contributed by atoms with E-state index in [1.54, 1.807) is 40.1 Å². The summed E-state index contributed by atoms with van der Waals surface area (Å²) in [5.74, 6) is 0.705. The number of benzene rings is 2. The summed E-state index contributed by atoms with van der Waals surface area (Å²) in [5, 5.41) is 11.7. The SMILES string of the molecule is O=C(CSc1nc2ccccc2c2nc(-c3cccs3)nn12)Nc1ccc(Cl)cc1. The summed E-state index contributed by atoms with van der Waals surface area (Å²) in [6.45, 7) is 0. The van der Waals surface area contributed by atoms with Crippen molar-refractivity contribution in [3.8, 4) is 10.7 Å². The van der Waals surface area contributed by atoms with Crippen molar-refractivity contribution in [3.63, 3.8) is 0 Å². The molecule has 3 aromatic heterocycles. The van der Waals surface area contributed by atoms with E-state index in [4.69, 9.17) is 21.6 Å². The van der Waals surface area contributed by atoms with Gasteiger partial charge in [-0.2, -0.15) is 4.52 Å². The van der Waals surface area contributed by atoms with Gasteiger partial charge in [-0.25, -0.2) is 9.97 Å². The van der Waals surface area contributed by atoms with E-state index in [2.05, 4.69) is 10.4 Å². The number of rotatable bonds is 5. The molecule has 0 radical (unpaired) electrons. The Labute approximate surface area is 184 Å². The molecule has 1 N–H and O–H groups in total. The molecular formula is C21H14ClN5OS2. The van der Waals surface area contributed by atoms with Gasteiger partial charge in [-0.3, -0.25) is 4.79 Å². The zero-order valence-corrected chi connectivity index (χ0v) is 17.8. The molecule has 0 fully saturated rings. The molecule has 9 heteroatoms. The largest absolute Gasteiger partial charge is 0.325 e. The standard InChI is InChI=1S/C21H14ClN5OS2/c22-13-7-9-14(10-8-13)23-18(28)12-30-21-24-16-5-2-1-4-15(16)20-25-19(26-27(20)21)17-6-3-11-29-17/h1-11H,12H2,(H,23,28). The lowest BCUT2D eigenvalue weighted by Gasteiger charge is -2.07. The summed E-state index contributed by atoms with van der Waals surface area (Å²) in [7, 11) is 0. The van der Waals surface area contributed by atoms with Gasteiger partial charge in [0.2, 0.25) is 5.91 Å². The molecule has 0 aliphatic heterocycles. The number of carbonyl (C=O) groups excluding carboxylic acids is 1. The van der Waals surface area contributed by atoms with Crippen LogP contribution in [0.15, 0.2) is 71.2 Å². The van der Waals surface area contributed by atoms with E-state index in [-0.39, 0.29) is 11.7 Å². The monoisotopic (exact) mass is 451 g/mol. The number of thioether (sulfide) groups is 1. The number of amides is 1. The number of carbonyl (C=O) groups is 1. The van der Waals surface area contributed by atoms with Crippen LogP contribution in [0, 0.1) is 0 Å². The predicted molar refractivity (Wildman–Crippen MR) is 122 cm³/mol. The van der Waals surface area contributed by atoms with Crippen LogP contribution >= 0.6 is 34.7 Å². The molecule has 0 atom stereocenters. The molecule has 5 aromatic rings. The maximum Gasteiger partial charge on any atom is 0.234 e. The maximum absolute atomic E-state index is 12.4. The number of nitrogens with zero attached hydrogens (tertiary/aromatic N) is 4. The number of fused-ring (bicyclic) bond motifs is 3. The minimum Gasteiger partial charge on any atom is -0.325 e. The Morgan fingerprint density at radius 2 is 1.90 bits per heavy atom. The van der Waals surface area contributed by atoms with E-state index < -0.39 is 0 Å². The molecule has 5 rings (SSSR count). The number of anilines is 1. The summed E-state index contributed by atoms with van der Waals surface area (Å²) < 4.78 is 1.72. The number of hydrogen-bond donors (Lipinski definition) is 1. The third kappa shape index (κ3) is 3.77. The topological polar surface area (TPSA) is 72.2 Å². The van der Waals surface area contributed by atoms with Gasteiger partial charge >= 0.3 is 0 Å². The normalized spacial score (nSPS) is 11.2. The van der Waals surface area contributed by atoms with Gasteiger partial charge in [-0.15, -0.1) is 16.4 Å². The van der Waals surface area contributed by atoms with Crippen LogP contribution in [0.1, 0.15) is 0 Å². The van der Waals surface area contributed by atoms with Gasteiger partial charge in [-0.1, -0.05) is 41.6 Å². The van der Waals surface area contributed by atoms with Crippen molar-refractivity contribution >= 4 is 62.8 Å². The lowest BCUT2D eigenvalue weighted by atomic mass is 10.2. The predicted octanol–water partition coefficient (Wildman–Crippen LogP) is 5.39. The molecule has 0 aliphatic carbocycles. The van der Waals surface area contributed by atoms with E-state index in [9.17, 15) is 4.79 Å². The van der Waals surface area contributed by atoms with Gasteiger partial charge in [0.15, 0.2) is 16.6 Å². The average molecular weight is 452 g/mol. The molecule has 0 aliphatic rings. The zero-order chi connectivity index (χ0) is 20.5. The van der Waals surface area contributed by atoms with Crippen LogP contribution in [0.2, 0.25) is 5.02 Å². The van der Waals surface area contributed by atoms with Crippen LogP contribution < -0.4 is 5.32 Å². The molecule has 0 unspecified atom stereocenters. The van der Waals surface area contributed by atoms with Crippen LogP contribution in [-0.4, -0.2) is 31.2 Å². The van der Waals surface area contributed by atoms with Gasteiger partial charge in [0.05, 0.1) is 16.1 Å². The van der Waals surface area contributed by atoms with E-state index >= 15 is 0 Å². The van der Waals surface area contributed by atoms with Crippen LogP contribution in [0.5, 0.6) is 0 Å². The van der Waals surface area contributed by atoms with Crippen molar-refractivity contribution in [1.82, 2.24) is 19.6 Å². The summed E-state index contributed by atoms with van der Waals surface area (Å²) in [6.07, 6.45) is 0. The first-order valence-corrected chi connectivity index (χ1v) is 11.3. The Morgan fingerprint density at radius 3 is 2.70 bits per heavy atom. The highest BCUT2D eigenvalue weighted by atomic mass is 35.5. The molecule has 0 spiro atoms. The van der Waals surface area contributed by atoms with Crippen LogP contribution in [0.3, 0.4) is 0 Å². The van der Waals surface area contributed by atoms with Crippen LogP contribution in [0.25, 0.3) is 27.3 Å². The first-order valence-electron chi connectivity index (χ1n) is 9.05. The maximum atomic E-state index is 12.4. The Balaban J connectivity index is 1.46. The lowest BCUT2D eigenvalue weighted by Crippen LogP contribution is -2.14. The molecule has 6 nitrogen and oxygen atoms in total. The molecule has 3 heterocycles. The van der Waals surface area contributed by atoms with Gasteiger partial charge in [0.25, 0.3) is 0 Å². The third-order valence-electron chi connectivity index (χ3n) is 4.35. The highest BCUT2D eigenvalue weighted by Crippen LogP contribution is 2.28. The Bertz CT molecular complexity index is 1350. The summed E-state index contributed by atoms with van der Waals surface area (Å²) >= 11 is 8.80. The number of aromatic nitrogens is 4. The fraction of sp³-hybridized carbons (Fsp3) is 0.0476. The van der Waals surface area contributed by atoms with Crippen molar-refractivity contribution in [1.29, 1.82) is 0 Å². The van der Waals surface area contributed by atoms with Gasteiger partial charge < -0.3 is 5.32 Å². The highest BCUT2D eigenvalue weighted by Gasteiger charge is 2.16. The first-order chi connectivity index (χ1) is 14.7. The quantitative estimate of drug-likeness (QED) is 0.286. The highest BCUT2D eigenvalue weighted by molar-refractivity contribution is 7.99. The molecule has 148 valence electrons. The fourth-order valence-electron chi connectivity index (χ4n) is 2.99. The Kier molecular flexibility index (Phi) is 5.12. The van der Waals surface area contributed by atoms with Crippen molar-refractivity contribution in [2.75, 3.05) is 11.1 Å². The molecule has 0 bridgehead atoms. The summed E-state index contributed by atoms with van der Waals surface area (Å²) in [6, 6.07) is 18.8. The van der Waals surface area contributed by atoms with E-state index in [0.717, 1.165) is 21.4 Å². The minimum absolute atomic E-state index is 0.135. The number of para-hydroxylation sites is 1. The van der Waals surface area contributed by atoms with Crippen molar-refractivity contribution < 1.29 is 4.79 Å². The molecule has 1 amide bonds. The molecule has 0 saturated heterocycles. The minimum atomic E-state index is -0.135. The number of thiophene rings is 1. The van der Waals surface area contributed by atoms with E-state index in [1.165, 1.54) is 11.8 Å². The van der Waals surface area contributed by atoms with Crippen molar-refractivity contribution in [2.24, 2.45) is 0 Å². The van der Waals surface area contributed by atoms with Gasteiger partial charge in [0, 0.05) is 16.1 Å². The van der Waals surface area contributed by atoms with Gasteiger partial charge in [0.1, 0.15) is 0 Å². The smallest absolute Gasteiger partial charge is 0.234 e. The first kappa shape index (κ1) is 19.0. The van der Waals surface area contributed by atoms with Crippen molar-refractivity contribution in [3.05, 3.63) is 71.1 Å². The third-order valence-corrected chi connectivity index (χ3v) is 6.40. The van der Waals surface area contributed by atoms with E-state index in [0.29, 0.717) is 21.7 Å².